The summed E-state index contributed by atoms with van der Waals surface area (Å²) in [5.41, 5.74) is 1.70. The van der Waals surface area contributed by atoms with Crippen molar-refractivity contribution in [3.63, 3.8) is 0 Å². The second kappa shape index (κ2) is 9.87. The fraction of sp³-hybridized carbons (Fsp3) is 0.500. The molecule has 30 heavy (non-hydrogen) atoms. The molecule has 0 spiro atoms. The first kappa shape index (κ1) is 22.7. The molecule has 1 aliphatic rings. The number of nitrogens with zero attached hydrogens (tertiary/aromatic N) is 1. The van der Waals surface area contributed by atoms with Gasteiger partial charge in [0.15, 0.2) is 0 Å². The normalized spacial score (nSPS) is 16.8. The van der Waals surface area contributed by atoms with Crippen LogP contribution in [0.4, 0.5) is 0 Å². The molecule has 1 unspecified atom stereocenters. The average molecular weight is 435 g/mol. The largest absolute Gasteiger partial charge is 0.381 e. The smallest absolute Gasteiger partial charge is 0.262 e. The van der Waals surface area contributed by atoms with Gasteiger partial charge in [-0.2, -0.15) is 4.31 Å². The predicted octanol–water partition coefficient (Wildman–Crippen LogP) is 3.18. The van der Waals surface area contributed by atoms with E-state index in [-0.39, 0.29) is 23.3 Å². The van der Waals surface area contributed by atoms with E-state index < -0.39 is 22.0 Å². The van der Waals surface area contributed by atoms with Crippen LogP contribution in [-0.2, 0) is 19.6 Å². The summed E-state index contributed by atoms with van der Waals surface area (Å²) >= 11 is 0. The van der Waals surface area contributed by atoms with Crippen LogP contribution in [0.3, 0.4) is 0 Å². The monoisotopic (exact) mass is 434 g/mol. The Hall–Kier alpha value is -2.00. The molecule has 1 atom stereocenters. The van der Waals surface area contributed by atoms with Crippen LogP contribution in [0.2, 0.25) is 0 Å². The zero-order valence-electron chi connectivity index (χ0n) is 17.5. The Morgan fingerprint density at radius 1 is 1.17 bits per heavy atom. The lowest BCUT2D eigenvalue weighted by molar-refractivity contribution is -0.136. The summed E-state index contributed by atoms with van der Waals surface area (Å²) < 4.78 is 34.1. The molecule has 0 saturated carbocycles. The molecule has 164 valence electrons. The first-order chi connectivity index (χ1) is 14.3. The number of rotatable bonds is 8. The van der Waals surface area contributed by atoms with E-state index >= 15 is 0 Å². The van der Waals surface area contributed by atoms with E-state index in [2.05, 4.69) is 0 Å². The second-order valence-electron chi connectivity index (χ2n) is 8.18. The summed E-state index contributed by atoms with van der Waals surface area (Å²) in [5, 5.41) is 11.1. The van der Waals surface area contributed by atoms with E-state index in [1.807, 2.05) is 38.1 Å². The second-order valence-corrected chi connectivity index (χ2v) is 10.1. The van der Waals surface area contributed by atoms with Gasteiger partial charge in [0.05, 0.1) is 4.90 Å². The Bertz CT molecular complexity index is 970. The number of hydroxylamine groups is 1. The quantitative estimate of drug-likeness (QED) is 0.491. The molecule has 0 bridgehead atoms. The van der Waals surface area contributed by atoms with E-state index in [0.29, 0.717) is 32.5 Å². The highest BCUT2D eigenvalue weighted by molar-refractivity contribution is 7.89. The minimum atomic E-state index is -3.97. The van der Waals surface area contributed by atoms with Gasteiger partial charge in [0.25, 0.3) is 5.91 Å². The minimum Gasteiger partial charge on any atom is -0.381 e. The summed E-state index contributed by atoms with van der Waals surface area (Å²) in [4.78, 5) is 12.8. The van der Waals surface area contributed by atoms with Crippen molar-refractivity contribution in [2.75, 3.05) is 19.8 Å². The van der Waals surface area contributed by atoms with E-state index in [9.17, 15) is 18.4 Å². The van der Waals surface area contributed by atoms with Crippen molar-refractivity contribution in [1.29, 1.82) is 0 Å². The molecule has 1 aliphatic heterocycles. The van der Waals surface area contributed by atoms with Crippen molar-refractivity contribution in [2.24, 2.45) is 11.8 Å². The maximum absolute atomic E-state index is 13.7. The summed E-state index contributed by atoms with van der Waals surface area (Å²) in [6, 6.07) is 11.6. The van der Waals surface area contributed by atoms with Gasteiger partial charge in [-0.1, -0.05) is 44.2 Å². The van der Waals surface area contributed by atoms with E-state index in [1.54, 1.807) is 23.7 Å². The third-order valence-electron chi connectivity index (χ3n) is 5.66. The van der Waals surface area contributed by atoms with Gasteiger partial charge in [0.2, 0.25) is 10.0 Å². The average Bonchev–Trinajstić information content (AvgIpc) is 2.76. The fourth-order valence-corrected chi connectivity index (χ4v) is 5.63. The van der Waals surface area contributed by atoms with Crippen LogP contribution in [0.1, 0.15) is 33.1 Å². The molecule has 8 heteroatoms. The molecule has 1 saturated heterocycles. The zero-order valence-corrected chi connectivity index (χ0v) is 18.3. The summed E-state index contributed by atoms with van der Waals surface area (Å²) in [7, 11) is -3.97. The van der Waals surface area contributed by atoms with Crippen LogP contribution < -0.4 is 5.48 Å². The molecule has 1 amide bonds. The first-order valence-electron chi connectivity index (χ1n) is 10.4. The Balaban J connectivity index is 2.05. The number of benzene rings is 2. The number of fused-ring (bicyclic) bond motifs is 1. The molecule has 0 aromatic heterocycles. The highest BCUT2D eigenvalue weighted by atomic mass is 32.2. The SMILES string of the molecule is CC(C)CCN(C(C(=O)NO)C1CCOCC1)S(=O)(=O)c1ccc2ccccc2c1. The Kier molecular flexibility index (Phi) is 7.46. The number of nitrogens with one attached hydrogen (secondary N) is 1. The maximum Gasteiger partial charge on any atom is 0.262 e. The fourth-order valence-electron chi connectivity index (χ4n) is 3.94. The number of hydrogen-bond acceptors (Lipinski definition) is 5. The third kappa shape index (κ3) is 5.00. The van der Waals surface area contributed by atoms with Crippen LogP contribution in [0.25, 0.3) is 10.8 Å². The number of carbonyl (C=O) groups is 1. The lowest BCUT2D eigenvalue weighted by Crippen LogP contribution is -2.54. The van der Waals surface area contributed by atoms with E-state index in [4.69, 9.17) is 4.74 Å². The van der Waals surface area contributed by atoms with Gasteiger partial charge >= 0.3 is 0 Å². The van der Waals surface area contributed by atoms with Crippen LogP contribution >= 0.6 is 0 Å². The van der Waals surface area contributed by atoms with Crippen LogP contribution in [-0.4, -0.2) is 49.6 Å². The topological polar surface area (TPSA) is 95.9 Å². The lowest BCUT2D eigenvalue weighted by Gasteiger charge is -2.36. The highest BCUT2D eigenvalue weighted by Gasteiger charge is 2.41. The third-order valence-corrected chi connectivity index (χ3v) is 7.53. The van der Waals surface area contributed by atoms with Gasteiger partial charge in [0, 0.05) is 19.8 Å². The molecule has 3 rings (SSSR count). The van der Waals surface area contributed by atoms with Crippen molar-refractivity contribution in [1.82, 2.24) is 9.79 Å². The number of sulfonamides is 1. The highest BCUT2D eigenvalue weighted by Crippen LogP contribution is 2.30. The van der Waals surface area contributed by atoms with Crippen LogP contribution in [0.15, 0.2) is 47.4 Å². The molecule has 2 N–H and O–H groups in total. The summed E-state index contributed by atoms with van der Waals surface area (Å²) in [5.74, 6) is -0.671. The van der Waals surface area contributed by atoms with Gasteiger partial charge in [-0.15, -0.1) is 0 Å². The number of amides is 1. The van der Waals surface area contributed by atoms with Crippen molar-refractivity contribution in [3.05, 3.63) is 42.5 Å². The van der Waals surface area contributed by atoms with Gasteiger partial charge in [-0.05, 0) is 54.0 Å². The van der Waals surface area contributed by atoms with Crippen LogP contribution in [0, 0.1) is 11.8 Å². The molecule has 2 aromatic rings. The zero-order chi connectivity index (χ0) is 21.7. The standard InChI is InChI=1S/C22H30N2O5S/c1-16(2)9-12-24(21(22(25)23-26)18-10-13-29-14-11-18)30(27,28)20-8-7-17-5-3-4-6-19(17)15-20/h3-8,15-16,18,21,26H,9-14H2,1-2H3,(H,23,25). The molecule has 0 radical (unpaired) electrons. The van der Waals surface area contributed by atoms with Gasteiger partial charge in [0.1, 0.15) is 6.04 Å². The Morgan fingerprint density at radius 2 is 1.83 bits per heavy atom. The number of ether oxygens (including phenoxy) is 1. The van der Waals surface area contributed by atoms with Crippen LogP contribution in [0.5, 0.6) is 0 Å². The molecule has 0 aliphatic carbocycles. The number of hydrogen-bond donors (Lipinski definition) is 2. The number of carbonyl (C=O) groups excluding carboxylic acids is 1. The predicted molar refractivity (Wildman–Crippen MR) is 115 cm³/mol. The molecule has 1 fully saturated rings. The summed E-state index contributed by atoms with van der Waals surface area (Å²) in [6.07, 6.45) is 1.72. The van der Waals surface area contributed by atoms with Crippen molar-refractivity contribution < 1.29 is 23.2 Å². The lowest BCUT2D eigenvalue weighted by atomic mass is 9.91. The first-order valence-corrected chi connectivity index (χ1v) is 11.8. The molecular formula is C22H30N2O5S. The van der Waals surface area contributed by atoms with Gasteiger partial charge in [-0.3, -0.25) is 10.0 Å². The minimum absolute atomic E-state index is 0.146. The maximum atomic E-state index is 13.7. The Labute approximate surface area is 178 Å². The molecule has 7 nitrogen and oxygen atoms in total. The Morgan fingerprint density at radius 3 is 2.47 bits per heavy atom. The van der Waals surface area contributed by atoms with E-state index in [1.165, 1.54) is 4.31 Å². The summed E-state index contributed by atoms with van der Waals surface area (Å²) in [6.45, 7) is 5.15. The van der Waals surface area contributed by atoms with E-state index in [0.717, 1.165) is 10.8 Å². The molecular weight excluding hydrogens is 404 g/mol. The van der Waals surface area contributed by atoms with Gasteiger partial charge < -0.3 is 4.74 Å². The van der Waals surface area contributed by atoms with Crippen molar-refractivity contribution in [2.45, 2.75) is 44.0 Å². The van der Waals surface area contributed by atoms with Gasteiger partial charge in [-0.25, -0.2) is 13.9 Å². The molecule has 2 aromatic carbocycles. The van der Waals surface area contributed by atoms with Crippen molar-refractivity contribution in [3.8, 4) is 0 Å². The molecule has 1 heterocycles. The van der Waals surface area contributed by atoms with Crippen molar-refractivity contribution >= 4 is 26.7 Å².